The van der Waals surface area contributed by atoms with Crippen molar-refractivity contribution < 1.29 is 24.5 Å². The van der Waals surface area contributed by atoms with Crippen LogP contribution in [0.15, 0.2) is 36.5 Å². The van der Waals surface area contributed by atoms with Crippen LogP contribution >= 0.6 is 0 Å². The zero-order chi connectivity index (χ0) is 38.0. The van der Waals surface area contributed by atoms with Gasteiger partial charge in [-0.05, 0) is 83.5 Å². The van der Waals surface area contributed by atoms with Crippen molar-refractivity contribution >= 4 is 11.9 Å². The molecule has 0 saturated carbocycles. The monoisotopic (exact) mass is 732 g/mol. The minimum absolute atomic E-state index is 0.0491. The molecule has 6 nitrogen and oxygen atoms in total. The smallest absolute Gasteiger partial charge is 0.305 e. The van der Waals surface area contributed by atoms with E-state index < -0.39 is 12.1 Å². The van der Waals surface area contributed by atoms with Gasteiger partial charge in [0.2, 0.25) is 5.91 Å². The Labute approximate surface area is 322 Å². The molecule has 0 bridgehead atoms. The molecular weight excluding hydrogens is 647 g/mol. The number of amides is 1. The van der Waals surface area contributed by atoms with Crippen LogP contribution in [0.1, 0.15) is 219 Å². The van der Waals surface area contributed by atoms with Crippen LogP contribution in [0.3, 0.4) is 0 Å². The Kier molecular flexibility index (Phi) is 40.3. The van der Waals surface area contributed by atoms with E-state index in [0.717, 1.165) is 77.0 Å². The quantitative estimate of drug-likeness (QED) is 0.0331. The number of allylic oxidation sites excluding steroid dienone is 5. The third kappa shape index (κ3) is 37.8. The Morgan fingerprint density at radius 2 is 0.904 bits per heavy atom. The Balaban J connectivity index is 3.60. The summed E-state index contributed by atoms with van der Waals surface area (Å²) in [5.74, 6) is -0.156. The van der Waals surface area contributed by atoms with Gasteiger partial charge in [0.05, 0.1) is 25.4 Å². The average Bonchev–Trinajstić information content (AvgIpc) is 3.14. The van der Waals surface area contributed by atoms with Gasteiger partial charge in [-0.15, -0.1) is 0 Å². The summed E-state index contributed by atoms with van der Waals surface area (Å²) < 4.78 is 5.40. The predicted octanol–water partition coefficient (Wildman–Crippen LogP) is 12.6. The van der Waals surface area contributed by atoms with Crippen LogP contribution in [0.5, 0.6) is 0 Å². The number of esters is 1. The van der Waals surface area contributed by atoms with E-state index in [0.29, 0.717) is 19.4 Å². The minimum Gasteiger partial charge on any atom is -0.466 e. The molecule has 0 aromatic rings. The Morgan fingerprint density at radius 3 is 1.38 bits per heavy atom. The van der Waals surface area contributed by atoms with Crippen LogP contribution < -0.4 is 5.32 Å². The zero-order valence-electron chi connectivity index (χ0n) is 34.3. The minimum atomic E-state index is -0.865. The highest BCUT2D eigenvalue weighted by molar-refractivity contribution is 5.76. The molecule has 304 valence electrons. The van der Waals surface area contributed by atoms with Gasteiger partial charge >= 0.3 is 5.97 Å². The normalized spacial score (nSPS) is 13.1. The second-order valence-corrected chi connectivity index (χ2v) is 15.0. The highest BCUT2D eigenvalue weighted by Crippen LogP contribution is 2.13. The molecule has 6 heteroatoms. The summed E-state index contributed by atoms with van der Waals surface area (Å²) in [5.41, 5.74) is 0. The van der Waals surface area contributed by atoms with Crippen LogP contribution in [0.25, 0.3) is 0 Å². The van der Waals surface area contributed by atoms with Crippen LogP contribution in [-0.4, -0.2) is 47.4 Å². The van der Waals surface area contributed by atoms with E-state index in [9.17, 15) is 19.8 Å². The summed E-state index contributed by atoms with van der Waals surface area (Å²) in [5, 5.41) is 22.9. The van der Waals surface area contributed by atoms with E-state index in [-0.39, 0.29) is 18.5 Å². The van der Waals surface area contributed by atoms with Gasteiger partial charge in [0.1, 0.15) is 0 Å². The van der Waals surface area contributed by atoms with E-state index >= 15 is 0 Å². The molecule has 0 aromatic heterocycles. The predicted molar refractivity (Wildman–Crippen MR) is 222 cm³/mol. The molecule has 0 aliphatic heterocycles. The Morgan fingerprint density at radius 1 is 0.519 bits per heavy atom. The van der Waals surface area contributed by atoms with Crippen LogP contribution in [0, 0.1) is 0 Å². The summed E-state index contributed by atoms with van der Waals surface area (Å²) >= 11 is 0. The first-order valence-corrected chi connectivity index (χ1v) is 22.3. The number of unbranched alkanes of at least 4 members (excludes halogenated alkanes) is 25. The van der Waals surface area contributed by atoms with Gasteiger partial charge in [0.25, 0.3) is 0 Å². The van der Waals surface area contributed by atoms with Crippen molar-refractivity contribution in [1.82, 2.24) is 5.32 Å². The highest BCUT2D eigenvalue weighted by Gasteiger charge is 2.18. The van der Waals surface area contributed by atoms with E-state index in [1.54, 1.807) is 6.08 Å². The summed E-state index contributed by atoms with van der Waals surface area (Å²) in [6.45, 7) is 4.76. The van der Waals surface area contributed by atoms with Crippen LogP contribution in [0.4, 0.5) is 0 Å². The number of hydrogen-bond acceptors (Lipinski definition) is 5. The molecule has 2 atom stereocenters. The topological polar surface area (TPSA) is 95.9 Å². The standard InChI is InChI=1S/C46H85NO5/c1-3-5-7-9-11-13-15-17-19-24-28-32-36-40-46(51)52-41-37-33-29-25-21-20-23-27-31-35-39-45(50)47-43(42-48)44(49)38-34-30-26-22-18-16-14-12-10-8-6-4-2/h13,15,21,25,34,38,43-44,48-49H,3-12,14,16-20,22-24,26-33,35-37,39-42H2,1-2H3,(H,47,50)/b15-13-,25-21-,38-34+. The van der Waals surface area contributed by atoms with Crippen molar-refractivity contribution in [1.29, 1.82) is 0 Å². The maximum absolute atomic E-state index is 12.4. The van der Waals surface area contributed by atoms with Crippen molar-refractivity contribution in [2.45, 2.75) is 231 Å². The van der Waals surface area contributed by atoms with Gasteiger partial charge in [-0.2, -0.15) is 0 Å². The number of ether oxygens (including phenoxy) is 1. The van der Waals surface area contributed by atoms with Crippen molar-refractivity contribution in [2.24, 2.45) is 0 Å². The van der Waals surface area contributed by atoms with E-state index in [2.05, 4.69) is 43.5 Å². The van der Waals surface area contributed by atoms with E-state index in [1.165, 1.54) is 116 Å². The first-order chi connectivity index (χ1) is 25.5. The molecule has 0 heterocycles. The fraction of sp³-hybridized carbons (Fsp3) is 0.826. The maximum atomic E-state index is 12.4. The number of nitrogens with one attached hydrogen (secondary N) is 1. The Hall–Kier alpha value is -1.92. The summed E-state index contributed by atoms with van der Waals surface area (Å²) in [6, 6.07) is -0.652. The third-order valence-corrected chi connectivity index (χ3v) is 9.88. The SMILES string of the molecule is CCCCCC/C=C\CCCCCCCC(=O)OCCCC/C=C\CCCCCCC(=O)NC(CO)C(O)/C=C/CCCCCCCCCCCC. The molecular formula is C46H85NO5. The molecule has 0 fully saturated rings. The molecule has 3 N–H and O–H groups in total. The lowest BCUT2D eigenvalue weighted by molar-refractivity contribution is -0.143. The fourth-order valence-electron chi connectivity index (χ4n) is 6.38. The largest absolute Gasteiger partial charge is 0.466 e. The number of rotatable bonds is 40. The van der Waals surface area contributed by atoms with Gasteiger partial charge in [-0.3, -0.25) is 9.59 Å². The number of aliphatic hydroxyl groups excluding tert-OH is 2. The summed E-state index contributed by atoms with van der Waals surface area (Å²) in [4.78, 5) is 24.3. The molecule has 0 radical (unpaired) electrons. The summed E-state index contributed by atoms with van der Waals surface area (Å²) in [6.07, 6.45) is 48.4. The number of carbonyl (C=O) groups excluding carboxylic acids is 2. The van der Waals surface area contributed by atoms with E-state index in [4.69, 9.17) is 4.74 Å². The maximum Gasteiger partial charge on any atom is 0.305 e. The first kappa shape index (κ1) is 50.1. The molecule has 0 rings (SSSR count). The van der Waals surface area contributed by atoms with Gasteiger partial charge in [0, 0.05) is 12.8 Å². The van der Waals surface area contributed by atoms with Gasteiger partial charge < -0.3 is 20.3 Å². The van der Waals surface area contributed by atoms with Crippen molar-refractivity contribution in [3.8, 4) is 0 Å². The van der Waals surface area contributed by atoms with Crippen LogP contribution in [-0.2, 0) is 14.3 Å². The van der Waals surface area contributed by atoms with Crippen molar-refractivity contribution in [3.63, 3.8) is 0 Å². The number of hydrogen-bond donors (Lipinski definition) is 3. The lowest BCUT2D eigenvalue weighted by Gasteiger charge is -2.20. The van der Waals surface area contributed by atoms with Gasteiger partial charge in [0.15, 0.2) is 0 Å². The molecule has 1 amide bonds. The lowest BCUT2D eigenvalue weighted by Crippen LogP contribution is -2.45. The molecule has 2 unspecified atom stereocenters. The van der Waals surface area contributed by atoms with Crippen LogP contribution in [0.2, 0.25) is 0 Å². The summed E-state index contributed by atoms with van der Waals surface area (Å²) in [7, 11) is 0. The molecule has 52 heavy (non-hydrogen) atoms. The third-order valence-electron chi connectivity index (χ3n) is 9.88. The molecule has 0 spiro atoms. The molecule has 0 saturated heterocycles. The number of aliphatic hydroxyl groups is 2. The molecule has 0 aliphatic rings. The number of carbonyl (C=O) groups is 2. The average molecular weight is 732 g/mol. The van der Waals surface area contributed by atoms with Gasteiger partial charge in [-0.25, -0.2) is 0 Å². The Bertz CT molecular complexity index is 854. The molecule has 0 aliphatic carbocycles. The fourth-order valence-corrected chi connectivity index (χ4v) is 6.38. The van der Waals surface area contributed by atoms with Crippen molar-refractivity contribution in [3.05, 3.63) is 36.5 Å². The van der Waals surface area contributed by atoms with E-state index in [1.807, 2.05) is 6.08 Å². The highest BCUT2D eigenvalue weighted by atomic mass is 16.5. The second kappa shape index (κ2) is 41.8. The second-order valence-electron chi connectivity index (χ2n) is 15.0. The van der Waals surface area contributed by atoms with Crippen molar-refractivity contribution in [2.75, 3.05) is 13.2 Å². The zero-order valence-corrected chi connectivity index (χ0v) is 34.3. The first-order valence-electron chi connectivity index (χ1n) is 22.3. The lowest BCUT2D eigenvalue weighted by atomic mass is 10.1. The van der Waals surface area contributed by atoms with Gasteiger partial charge in [-0.1, -0.05) is 159 Å². The molecule has 0 aromatic carbocycles.